The molecule has 0 atom stereocenters. The molecule has 20 heavy (non-hydrogen) atoms. The maximum atomic E-state index is 5.80. The number of halogens is 1. The van der Waals surface area contributed by atoms with Crippen molar-refractivity contribution < 1.29 is 9.15 Å². The van der Waals surface area contributed by atoms with Crippen LogP contribution in [0.5, 0.6) is 0 Å². The molecule has 104 valence electrons. The van der Waals surface area contributed by atoms with Crippen molar-refractivity contribution in [2.75, 3.05) is 25.6 Å². The van der Waals surface area contributed by atoms with Crippen molar-refractivity contribution in [3.63, 3.8) is 0 Å². The molecule has 0 saturated carbocycles. The third kappa shape index (κ3) is 2.71. The molecule has 3 rings (SSSR count). The van der Waals surface area contributed by atoms with Gasteiger partial charge in [-0.3, -0.25) is 5.10 Å². The second kappa shape index (κ2) is 5.68. The van der Waals surface area contributed by atoms with Crippen molar-refractivity contribution in [3.05, 3.63) is 34.8 Å². The van der Waals surface area contributed by atoms with Crippen LogP contribution in [0.25, 0.3) is 22.4 Å². The monoisotopic (exact) mass is 335 g/mol. The van der Waals surface area contributed by atoms with Crippen LogP contribution in [0.3, 0.4) is 0 Å². The maximum Gasteiger partial charge on any atom is 0.153 e. The molecule has 3 aromatic rings. The second-order valence-electron chi connectivity index (χ2n) is 4.38. The molecule has 6 heteroatoms. The summed E-state index contributed by atoms with van der Waals surface area (Å²) in [7, 11) is 1.67. The van der Waals surface area contributed by atoms with Crippen LogP contribution in [0, 0.1) is 0 Å². The lowest BCUT2D eigenvalue weighted by Crippen LogP contribution is -2.07. The zero-order valence-corrected chi connectivity index (χ0v) is 12.5. The van der Waals surface area contributed by atoms with Crippen LogP contribution in [0.2, 0.25) is 0 Å². The van der Waals surface area contributed by atoms with Gasteiger partial charge in [-0.2, -0.15) is 5.10 Å². The van der Waals surface area contributed by atoms with Gasteiger partial charge in [0.25, 0.3) is 0 Å². The Balaban J connectivity index is 1.83. The number of aromatic nitrogens is 2. The predicted molar refractivity (Wildman–Crippen MR) is 81.9 cm³/mol. The third-order valence-electron chi connectivity index (χ3n) is 2.93. The minimum absolute atomic E-state index is 0.640. The van der Waals surface area contributed by atoms with Gasteiger partial charge in [-0.05, 0) is 24.3 Å². The summed E-state index contributed by atoms with van der Waals surface area (Å²) in [5.41, 5.74) is 1.70. The molecule has 5 nitrogen and oxygen atoms in total. The molecular formula is C14H14BrN3O2. The standard InChI is InChI=1S/C14H14BrN3O2/c1-19-5-4-16-14-8-11(17-18-14)13-7-9-6-10(15)2-3-12(9)20-13/h2-3,6-8H,4-5H2,1H3,(H2,16,17,18). The number of benzene rings is 1. The van der Waals surface area contributed by atoms with Crippen LogP contribution in [0.4, 0.5) is 5.82 Å². The molecule has 0 aliphatic carbocycles. The zero-order valence-electron chi connectivity index (χ0n) is 10.9. The van der Waals surface area contributed by atoms with Crippen molar-refractivity contribution >= 4 is 32.7 Å². The van der Waals surface area contributed by atoms with Gasteiger partial charge < -0.3 is 14.5 Å². The normalized spacial score (nSPS) is 11.1. The van der Waals surface area contributed by atoms with E-state index in [9.17, 15) is 0 Å². The average molecular weight is 336 g/mol. The molecule has 0 unspecified atom stereocenters. The Labute approximate surface area is 124 Å². The molecule has 0 spiro atoms. The highest BCUT2D eigenvalue weighted by Gasteiger charge is 2.09. The van der Waals surface area contributed by atoms with Crippen molar-refractivity contribution in [1.29, 1.82) is 0 Å². The Morgan fingerprint density at radius 1 is 1.35 bits per heavy atom. The first-order chi connectivity index (χ1) is 9.76. The molecule has 0 aliphatic rings. The molecule has 0 fully saturated rings. The van der Waals surface area contributed by atoms with E-state index in [1.54, 1.807) is 7.11 Å². The second-order valence-corrected chi connectivity index (χ2v) is 5.29. The number of rotatable bonds is 5. The van der Waals surface area contributed by atoms with E-state index >= 15 is 0 Å². The van der Waals surface area contributed by atoms with Gasteiger partial charge in [0.1, 0.15) is 17.1 Å². The fourth-order valence-electron chi connectivity index (χ4n) is 1.97. The molecular weight excluding hydrogens is 322 g/mol. The maximum absolute atomic E-state index is 5.80. The molecule has 0 saturated heterocycles. The average Bonchev–Trinajstić information content (AvgIpc) is 3.04. The molecule has 0 amide bonds. The number of fused-ring (bicyclic) bond motifs is 1. The Bertz CT molecular complexity index is 720. The number of nitrogens with zero attached hydrogens (tertiary/aromatic N) is 1. The number of aromatic amines is 1. The summed E-state index contributed by atoms with van der Waals surface area (Å²) in [4.78, 5) is 0. The fourth-order valence-corrected chi connectivity index (χ4v) is 2.35. The molecule has 1 aromatic carbocycles. The minimum Gasteiger partial charge on any atom is -0.454 e. The lowest BCUT2D eigenvalue weighted by Gasteiger charge is -1.99. The van der Waals surface area contributed by atoms with Gasteiger partial charge in [-0.1, -0.05) is 15.9 Å². The first-order valence-corrected chi connectivity index (χ1v) is 7.03. The first-order valence-electron chi connectivity index (χ1n) is 6.24. The Morgan fingerprint density at radius 2 is 2.25 bits per heavy atom. The van der Waals surface area contributed by atoms with E-state index < -0.39 is 0 Å². The summed E-state index contributed by atoms with van der Waals surface area (Å²) >= 11 is 3.45. The largest absolute Gasteiger partial charge is 0.454 e. The van der Waals surface area contributed by atoms with Crippen molar-refractivity contribution in [2.45, 2.75) is 0 Å². The Morgan fingerprint density at radius 3 is 3.10 bits per heavy atom. The van der Waals surface area contributed by atoms with Gasteiger partial charge in [0.05, 0.1) is 6.61 Å². The molecule has 0 radical (unpaired) electrons. The summed E-state index contributed by atoms with van der Waals surface area (Å²) in [5, 5.41) is 11.4. The van der Waals surface area contributed by atoms with E-state index in [2.05, 4.69) is 31.4 Å². The lowest BCUT2D eigenvalue weighted by molar-refractivity contribution is 0.210. The molecule has 0 aliphatic heterocycles. The highest BCUT2D eigenvalue weighted by Crippen LogP contribution is 2.29. The zero-order chi connectivity index (χ0) is 13.9. The SMILES string of the molecule is COCCNc1cc(-c2cc3cc(Br)ccc3o2)[nH]n1. The lowest BCUT2D eigenvalue weighted by atomic mass is 10.2. The number of H-pyrrole nitrogens is 1. The van der Waals surface area contributed by atoms with E-state index in [1.165, 1.54) is 0 Å². The fraction of sp³-hybridized carbons (Fsp3) is 0.214. The van der Waals surface area contributed by atoms with Gasteiger partial charge in [0.2, 0.25) is 0 Å². The van der Waals surface area contributed by atoms with E-state index in [1.807, 2.05) is 30.3 Å². The highest BCUT2D eigenvalue weighted by atomic mass is 79.9. The van der Waals surface area contributed by atoms with E-state index in [4.69, 9.17) is 9.15 Å². The van der Waals surface area contributed by atoms with Gasteiger partial charge in [0, 0.05) is 29.6 Å². The van der Waals surface area contributed by atoms with Crippen LogP contribution < -0.4 is 5.32 Å². The molecule has 2 aromatic heterocycles. The minimum atomic E-state index is 0.640. The van der Waals surface area contributed by atoms with Crippen molar-refractivity contribution in [2.24, 2.45) is 0 Å². The van der Waals surface area contributed by atoms with Crippen LogP contribution >= 0.6 is 15.9 Å². The van der Waals surface area contributed by atoms with Crippen LogP contribution in [0.15, 0.2) is 39.2 Å². The van der Waals surface area contributed by atoms with E-state index in [0.29, 0.717) is 13.2 Å². The number of furan rings is 1. The van der Waals surface area contributed by atoms with Gasteiger partial charge in [0.15, 0.2) is 5.76 Å². The van der Waals surface area contributed by atoms with Crippen LogP contribution in [-0.2, 0) is 4.74 Å². The summed E-state index contributed by atoms with van der Waals surface area (Å²) in [5.74, 6) is 1.55. The predicted octanol–water partition coefficient (Wildman–Crippen LogP) is 3.64. The number of hydrogen-bond donors (Lipinski definition) is 2. The summed E-state index contributed by atoms with van der Waals surface area (Å²) in [6.45, 7) is 1.36. The van der Waals surface area contributed by atoms with E-state index in [-0.39, 0.29) is 0 Å². The van der Waals surface area contributed by atoms with Gasteiger partial charge in [-0.25, -0.2) is 0 Å². The Kier molecular flexibility index (Phi) is 3.75. The molecule has 0 bridgehead atoms. The van der Waals surface area contributed by atoms with Gasteiger partial charge in [-0.15, -0.1) is 0 Å². The number of hydrogen-bond acceptors (Lipinski definition) is 4. The number of methoxy groups -OCH3 is 1. The Hall–Kier alpha value is -1.79. The van der Waals surface area contributed by atoms with Gasteiger partial charge >= 0.3 is 0 Å². The molecule has 2 N–H and O–H groups in total. The van der Waals surface area contributed by atoms with Crippen molar-refractivity contribution in [3.8, 4) is 11.5 Å². The van der Waals surface area contributed by atoms with Crippen LogP contribution in [0.1, 0.15) is 0 Å². The number of nitrogens with one attached hydrogen (secondary N) is 2. The van der Waals surface area contributed by atoms with Crippen molar-refractivity contribution in [1.82, 2.24) is 10.2 Å². The highest BCUT2D eigenvalue weighted by molar-refractivity contribution is 9.10. The number of anilines is 1. The summed E-state index contributed by atoms with van der Waals surface area (Å²) in [6, 6.07) is 9.84. The third-order valence-corrected chi connectivity index (χ3v) is 3.43. The summed E-state index contributed by atoms with van der Waals surface area (Å²) in [6.07, 6.45) is 0. The molecule has 2 heterocycles. The van der Waals surface area contributed by atoms with Crippen LogP contribution in [-0.4, -0.2) is 30.5 Å². The van der Waals surface area contributed by atoms with E-state index in [0.717, 1.165) is 32.7 Å². The summed E-state index contributed by atoms with van der Waals surface area (Å²) < 4.78 is 11.8. The number of ether oxygens (including phenoxy) is 1. The smallest absolute Gasteiger partial charge is 0.153 e. The quantitative estimate of drug-likeness (QED) is 0.698. The first kappa shape index (κ1) is 13.2. The topological polar surface area (TPSA) is 63.1 Å².